The quantitative estimate of drug-likeness (QED) is 0.823. The van der Waals surface area contributed by atoms with Crippen LogP contribution in [-0.4, -0.2) is 23.4 Å². The van der Waals surface area contributed by atoms with Gasteiger partial charge in [-0.15, -0.1) is 0 Å². The van der Waals surface area contributed by atoms with Crippen LogP contribution in [0, 0.1) is 5.82 Å². The molecule has 1 fully saturated rings. The average molecular weight is 249 g/mol. The highest BCUT2D eigenvalue weighted by Gasteiger charge is 2.23. The minimum Gasteiger partial charge on any atom is -0.396 e. The average Bonchev–Trinajstić information content (AvgIpc) is 3.01. The molecular weight excluding hydrogens is 237 g/mol. The Balaban J connectivity index is 1.89. The highest BCUT2D eigenvalue weighted by atomic mass is 19.1. The van der Waals surface area contributed by atoms with Crippen LogP contribution in [0.25, 0.3) is 11.5 Å². The van der Waals surface area contributed by atoms with Crippen molar-refractivity contribution in [2.24, 2.45) is 0 Å². The minimum atomic E-state index is -0.456. The van der Waals surface area contributed by atoms with Crippen LogP contribution in [0.4, 0.5) is 10.1 Å². The zero-order valence-electron chi connectivity index (χ0n) is 9.60. The molecule has 1 aromatic heterocycles. The van der Waals surface area contributed by atoms with Crippen molar-refractivity contribution in [3.63, 3.8) is 0 Å². The van der Waals surface area contributed by atoms with Crippen molar-refractivity contribution < 1.29 is 13.7 Å². The molecule has 1 atom stereocenters. The first-order valence-electron chi connectivity index (χ1n) is 5.71. The van der Waals surface area contributed by atoms with Crippen molar-refractivity contribution >= 4 is 5.69 Å². The van der Waals surface area contributed by atoms with Gasteiger partial charge in [0.15, 0.2) is 5.82 Å². The summed E-state index contributed by atoms with van der Waals surface area (Å²) in [6, 6.07) is 4.33. The number of halogens is 1. The van der Waals surface area contributed by atoms with E-state index in [2.05, 4.69) is 10.1 Å². The topological polar surface area (TPSA) is 74.2 Å². The van der Waals surface area contributed by atoms with Crippen molar-refractivity contribution in [2.75, 3.05) is 18.9 Å². The van der Waals surface area contributed by atoms with Gasteiger partial charge in [-0.2, -0.15) is 4.98 Å². The second kappa shape index (κ2) is 4.38. The molecule has 1 aromatic carbocycles. The van der Waals surface area contributed by atoms with Gasteiger partial charge in [-0.1, -0.05) is 5.16 Å². The number of anilines is 1. The summed E-state index contributed by atoms with van der Waals surface area (Å²) in [5.74, 6) is 0.706. The van der Waals surface area contributed by atoms with Crippen LogP contribution in [0.3, 0.4) is 0 Å². The number of hydrogen-bond acceptors (Lipinski definition) is 5. The van der Waals surface area contributed by atoms with Gasteiger partial charge in [0.25, 0.3) is 5.89 Å². The molecule has 0 spiro atoms. The van der Waals surface area contributed by atoms with Gasteiger partial charge in [-0.25, -0.2) is 4.39 Å². The lowest BCUT2D eigenvalue weighted by atomic mass is 10.1. The maximum atomic E-state index is 13.1. The molecule has 2 heterocycles. The standard InChI is InChI=1S/C12H12FN3O2/c13-9-2-1-7(5-10(9)14)12-15-11(16-18-12)8-3-4-17-6-8/h1-2,5,8H,3-4,6,14H2. The third kappa shape index (κ3) is 1.95. The Morgan fingerprint density at radius 3 is 3.00 bits per heavy atom. The van der Waals surface area contributed by atoms with Crippen LogP contribution in [0.2, 0.25) is 0 Å². The van der Waals surface area contributed by atoms with Gasteiger partial charge in [0.2, 0.25) is 0 Å². The smallest absolute Gasteiger partial charge is 0.258 e. The molecule has 0 bridgehead atoms. The molecule has 1 aliphatic rings. The fourth-order valence-electron chi connectivity index (χ4n) is 1.93. The molecule has 5 nitrogen and oxygen atoms in total. The van der Waals surface area contributed by atoms with Crippen molar-refractivity contribution in [3.05, 3.63) is 29.8 Å². The molecule has 18 heavy (non-hydrogen) atoms. The van der Waals surface area contributed by atoms with E-state index >= 15 is 0 Å². The Bertz CT molecular complexity index is 564. The molecular formula is C12H12FN3O2. The highest BCUT2D eigenvalue weighted by Crippen LogP contribution is 2.26. The number of ether oxygens (including phenoxy) is 1. The number of nitrogens with zero attached hydrogens (tertiary/aromatic N) is 2. The predicted octanol–water partition coefficient (Wildman–Crippen LogP) is 1.96. The summed E-state index contributed by atoms with van der Waals surface area (Å²) in [4.78, 5) is 4.30. The summed E-state index contributed by atoms with van der Waals surface area (Å²) in [7, 11) is 0. The lowest BCUT2D eigenvalue weighted by molar-refractivity contribution is 0.192. The summed E-state index contributed by atoms with van der Waals surface area (Å²) in [5.41, 5.74) is 6.19. The summed E-state index contributed by atoms with van der Waals surface area (Å²) in [6.07, 6.45) is 0.893. The van der Waals surface area contributed by atoms with Crippen LogP contribution in [0.5, 0.6) is 0 Å². The second-order valence-corrected chi connectivity index (χ2v) is 4.25. The van der Waals surface area contributed by atoms with E-state index in [-0.39, 0.29) is 11.6 Å². The Morgan fingerprint density at radius 2 is 2.28 bits per heavy atom. The maximum Gasteiger partial charge on any atom is 0.258 e. The number of nitrogens with two attached hydrogens (primary N) is 1. The van der Waals surface area contributed by atoms with Crippen LogP contribution >= 0.6 is 0 Å². The van der Waals surface area contributed by atoms with Gasteiger partial charge in [0.1, 0.15) is 5.82 Å². The first kappa shape index (κ1) is 11.2. The van der Waals surface area contributed by atoms with Gasteiger partial charge in [-0.3, -0.25) is 0 Å². The van der Waals surface area contributed by atoms with Gasteiger partial charge >= 0.3 is 0 Å². The Labute approximate surface area is 103 Å². The normalized spacial score (nSPS) is 19.3. The van der Waals surface area contributed by atoms with E-state index in [1.807, 2.05) is 0 Å². The van der Waals surface area contributed by atoms with Crippen molar-refractivity contribution in [2.45, 2.75) is 12.3 Å². The largest absolute Gasteiger partial charge is 0.396 e. The first-order valence-corrected chi connectivity index (χ1v) is 5.71. The fourth-order valence-corrected chi connectivity index (χ4v) is 1.93. The van der Waals surface area contributed by atoms with E-state index < -0.39 is 5.82 Å². The first-order chi connectivity index (χ1) is 8.74. The number of benzene rings is 1. The molecule has 0 aliphatic carbocycles. The Morgan fingerprint density at radius 1 is 1.39 bits per heavy atom. The maximum absolute atomic E-state index is 13.1. The van der Waals surface area contributed by atoms with Crippen LogP contribution in [0.15, 0.2) is 22.7 Å². The number of aromatic nitrogens is 2. The monoisotopic (exact) mass is 249 g/mol. The number of hydrogen-bond donors (Lipinski definition) is 1. The van der Waals surface area contributed by atoms with E-state index in [1.165, 1.54) is 12.1 Å². The minimum absolute atomic E-state index is 0.0662. The number of rotatable bonds is 2. The molecule has 0 saturated carbocycles. The van der Waals surface area contributed by atoms with Gasteiger partial charge in [0, 0.05) is 18.1 Å². The molecule has 2 aromatic rings. The predicted molar refractivity (Wildman–Crippen MR) is 62.3 cm³/mol. The van der Waals surface area contributed by atoms with Crippen LogP contribution in [0.1, 0.15) is 18.2 Å². The molecule has 1 unspecified atom stereocenters. The lowest BCUT2D eigenvalue weighted by Gasteiger charge is -1.99. The van der Waals surface area contributed by atoms with Gasteiger partial charge in [-0.05, 0) is 24.6 Å². The SMILES string of the molecule is Nc1cc(-c2nc(C3CCOC3)no2)ccc1F. The molecule has 0 amide bonds. The van der Waals surface area contributed by atoms with Crippen LogP contribution in [-0.2, 0) is 4.74 Å². The van der Waals surface area contributed by atoms with Gasteiger partial charge < -0.3 is 15.0 Å². The molecule has 1 aliphatic heterocycles. The van der Waals surface area contributed by atoms with Crippen molar-refractivity contribution in [3.8, 4) is 11.5 Å². The molecule has 6 heteroatoms. The summed E-state index contributed by atoms with van der Waals surface area (Å²) >= 11 is 0. The second-order valence-electron chi connectivity index (χ2n) is 4.25. The van der Waals surface area contributed by atoms with E-state index in [4.69, 9.17) is 15.0 Å². The van der Waals surface area contributed by atoms with E-state index in [9.17, 15) is 4.39 Å². The zero-order valence-corrected chi connectivity index (χ0v) is 9.60. The lowest BCUT2D eigenvalue weighted by Crippen LogP contribution is -1.99. The molecule has 3 rings (SSSR count). The molecule has 0 radical (unpaired) electrons. The van der Waals surface area contributed by atoms with Crippen molar-refractivity contribution in [1.82, 2.24) is 10.1 Å². The number of nitrogen functional groups attached to an aromatic ring is 1. The fraction of sp³-hybridized carbons (Fsp3) is 0.333. The van der Waals surface area contributed by atoms with Crippen LogP contribution < -0.4 is 5.73 Å². The van der Waals surface area contributed by atoms with E-state index in [0.29, 0.717) is 23.9 Å². The van der Waals surface area contributed by atoms with E-state index in [0.717, 1.165) is 13.0 Å². The molecule has 1 saturated heterocycles. The highest BCUT2D eigenvalue weighted by molar-refractivity contribution is 5.60. The molecule has 94 valence electrons. The molecule has 2 N–H and O–H groups in total. The van der Waals surface area contributed by atoms with Crippen molar-refractivity contribution in [1.29, 1.82) is 0 Å². The summed E-state index contributed by atoms with van der Waals surface area (Å²) < 4.78 is 23.5. The van der Waals surface area contributed by atoms with E-state index in [1.54, 1.807) is 6.07 Å². The summed E-state index contributed by atoms with van der Waals surface area (Å²) in [6.45, 7) is 1.34. The van der Waals surface area contributed by atoms with Gasteiger partial charge in [0.05, 0.1) is 12.3 Å². The third-order valence-electron chi connectivity index (χ3n) is 2.98. The summed E-state index contributed by atoms with van der Waals surface area (Å²) in [5, 5.41) is 3.93. The Kier molecular flexibility index (Phi) is 2.71. The zero-order chi connectivity index (χ0) is 12.5. The Hall–Kier alpha value is -1.95. The third-order valence-corrected chi connectivity index (χ3v) is 2.98.